The minimum Gasteiger partial charge on any atom is -0.469 e. The first-order valence-corrected chi connectivity index (χ1v) is 15.4. The molecule has 6 nitrogen and oxygen atoms in total. The van der Waals surface area contributed by atoms with E-state index in [-0.39, 0.29) is 18.5 Å². The normalized spacial score (nSPS) is 21.6. The molecule has 0 aromatic heterocycles. The maximum Gasteiger partial charge on any atom is 0.310 e. The van der Waals surface area contributed by atoms with E-state index in [1.54, 1.807) is 6.07 Å². The summed E-state index contributed by atoms with van der Waals surface area (Å²) in [6.45, 7) is 3.25. The number of hydrogen-bond donors (Lipinski definition) is 0. The second-order valence-electron chi connectivity index (χ2n) is 10.9. The lowest BCUT2D eigenvalue weighted by atomic mass is 9.88. The third-order valence-corrected chi connectivity index (χ3v) is 8.22. The van der Waals surface area contributed by atoms with Gasteiger partial charge in [-0.15, -0.1) is 0 Å². The van der Waals surface area contributed by atoms with Gasteiger partial charge in [-0.2, -0.15) is 0 Å². The van der Waals surface area contributed by atoms with Crippen LogP contribution in [-0.2, 0) is 54.7 Å². The molecule has 0 bridgehead atoms. The predicted molar refractivity (Wildman–Crippen MR) is 170 cm³/mol. The molecule has 1 fully saturated rings. The number of rotatable bonds is 13. The highest BCUT2D eigenvalue weighted by atomic mass is 35.5. The second kappa shape index (κ2) is 16.0. The number of benzene rings is 4. The van der Waals surface area contributed by atoms with E-state index >= 15 is 0 Å². The molecule has 0 amide bonds. The molecule has 0 spiro atoms. The average Bonchev–Trinajstić information content (AvgIpc) is 3.07. The van der Waals surface area contributed by atoms with Crippen molar-refractivity contribution >= 4 is 17.6 Å². The van der Waals surface area contributed by atoms with Gasteiger partial charge < -0.3 is 23.7 Å². The quantitative estimate of drug-likeness (QED) is 0.144. The molecule has 1 aliphatic heterocycles. The molecular weight excluding hydrogens is 576 g/mol. The first-order valence-electron chi connectivity index (χ1n) is 15.0. The van der Waals surface area contributed by atoms with Crippen molar-refractivity contribution in [2.45, 2.75) is 70.1 Å². The van der Waals surface area contributed by atoms with Crippen molar-refractivity contribution in [2.24, 2.45) is 0 Å². The van der Waals surface area contributed by atoms with Crippen molar-refractivity contribution in [2.75, 3.05) is 7.11 Å². The Bertz CT molecular complexity index is 1450. The Morgan fingerprint density at radius 3 is 1.70 bits per heavy atom. The number of carbonyl (C=O) groups excluding carboxylic acids is 1. The topological polar surface area (TPSA) is 63.2 Å². The minimum atomic E-state index is -0.533. The van der Waals surface area contributed by atoms with Crippen LogP contribution in [0.25, 0.3) is 0 Å². The monoisotopic (exact) mass is 614 g/mol. The highest BCUT2D eigenvalue weighted by molar-refractivity contribution is 6.31. The predicted octanol–water partition coefficient (Wildman–Crippen LogP) is 7.66. The summed E-state index contributed by atoms with van der Waals surface area (Å²) in [6, 6.07) is 35.9. The van der Waals surface area contributed by atoms with E-state index in [0.29, 0.717) is 36.8 Å². The van der Waals surface area contributed by atoms with E-state index in [4.69, 9.17) is 35.3 Å². The summed E-state index contributed by atoms with van der Waals surface area (Å²) < 4.78 is 31.9. The zero-order valence-corrected chi connectivity index (χ0v) is 25.9. The summed E-state index contributed by atoms with van der Waals surface area (Å²) >= 11 is 6.51. The largest absolute Gasteiger partial charge is 0.469 e. The van der Waals surface area contributed by atoms with Crippen molar-refractivity contribution in [3.05, 3.63) is 142 Å². The summed E-state index contributed by atoms with van der Waals surface area (Å²) in [7, 11) is 1.37. The van der Waals surface area contributed by atoms with Gasteiger partial charge in [-0.1, -0.05) is 122 Å². The van der Waals surface area contributed by atoms with Crippen molar-refractivity contribution in [3.63, 3.8) is 0 Å². The summed E-state index contributed by atoms with van der Waals surface area (Å²) in [5.41, 5.74) is 4.67. The molecular formula is C37H39ClO6. The second-order valence-corrected chi connectivity index (χ2v) is 11.3. The van der Waals surface area contributed by atoms with Crippen LogP contribution in [0.4, 0.5) is 0 Å². The summed E-state index contributed by atoms with van der Waals surface area (Å²) in [5.74, 6) is -0.365. The molecule has 1 heterocycles. The van der Waals surface area contributed by atoms with Crippen molar-refractivity contribution < 1.29 is 28.5 Å². The standard InChI is InChI=1S/C37H39ClO6/c1-3-32-35(41-23-26-13-7-4-8-14-26)37(43-25-28-17-11-6-12-18-28)36(42-24-27-15-9-5-10-16-27)34(44-32)29-19-20-31(38)30(21-29)22-33(39)40-2/h4-21,32,34-37H,3,22-25H2,1-2H3. The highest BCUT2D eigenvalue weighted by Crippen LogP contribution is 2.40. The van der Waals surface area contributed by atoms with Crippen molar-refractivity contribution in [1.82, 2.24) is 0 Å². The van der Waals surface area contributed by atoms with Crippen LogP contribution in [0.1, 0.15) is 47.3 Å². The lowest BCUT2D eigenvalue weighted by Gasteiger charge is -2.46. The maximum atomic E-state index is 12.2. The first-order chi connectivity index (χ1) is 21.6. The van der Waals surface area contributed by atoms with Gasteiger partial charge in [0.25, 0.3) is 0 Å². The van der Waals surface area contributed by atoms with Gasteiger partial charge in [-0.05, 0) is 40.3 Å². The van der Waals surface area contributed by atoms with Gasteiger partial charge in [0.05, 0.1) is 39.5 Å². The Balaban J connectivity index is 1.51. The lowest BCUT2D eigenvalue weighted by molar-refractivity contribution is -0.267. The van der Waals surface area contributed by atoms with E-state index in [9.17, 15) is 4.79 Å². The molecule has 4 aromatic carbocycles. The maximum absolute atomic E-state index is 12.2. The zero-order valence-electron chi connectivity index (χ0n) is 25.1. The Hall–Kier alpha value is -3.52. The molecule has 0 N–H and O–H groups in total. The third kappa shape index (κ3) is 8.35. The SMILES string of the molecule is CCC1OC(c2ccc(Cl)c(CC(=O)OC)c2)C(OCc2ccccc2)C(OCc2ccccc2)C1OCc1ccccc1. The van der Waals surface area contributed by atoms with E-state index in [0.717, 1.165) is 22.3 Å². The van der Waals surface area contributed by atoms with Gasteiger partial charge in [-0.3, -0.25) is 4.79 Å². The summed E-state index contributed by atoms with van der Waals surface area (Å²) in [6.07, 6.45) is -1.42. The molecule has 230 valence electrons. The fraction of sp³-hybridized carbons (Fsp3) is 0.324. The molecule has 0 radical (unpaired) electrons. The van der Waals surface area contributed by atoms with Gasteiger partial charge in [0.15, 0.2) is 0 Å². The molecule has 1 aliphatic rings. The van der Waals surface area contributed by atoms with Crippen molar-refractivity contribution in [3.8, 4) is 0 Å². The Morgan fingerprint density at radius 2 is 1.20 bits per heavy atom. The van der Waals surface area contributed by atoms with Crippen LogP contribution < -0.4 is 0 Å². The fourth-order valence-electron chi connectivity index (χ4n) is 5.52. The zero-order chi connectivity index (χ0) is 30.7. The number of methoxy groups -OCH3 is 1. The average molecular weight is 615 g/mol. The minimum absolute atomic E-state index is 0.0549. The third-order valence-electron chi connectivity index (χ3n) is 7.85. The molecule has 4 aromatic rings. The lowest BCUT2D eigenvalue weighted by Crippen LogP contribution is -2.57. The van der Waals surface area contributed by atoms with Crippen LogP contribution in [0.3, 0.4) is 0 Å². The molecule has 7 heteroatoms. The first kappa shape index (κ1) is 31.9. The van der Waals surface area contributed by atoms with Crippen LogP contribution >= 0.6 is 11.6 Å². The Morgan fingerprint density at radius 1 is 0.705 bits per heavy atom. The van der Waals surface area contributed by atoms with Crippen molar-refractivity contribution in [1.29, 1.82) is 0 Å². The van der Waals surface area contributed by atoms with Crippen LogP contribution in [0.15, 0.2) is 109 Å². The van der Waals surface area contributed by atoms with Crippen LogP contribution in [-0.4, -0.2) is 37.5 Å². The van der Waals surface area contributed by atoms with Gasteiger partial charge in [-0.25, -0.2) is 0 Å². The molecule has 5 unspecified atom stereocenters. The smallest absolute Gasteiger partial charge is 0.310 e. The number of carbonyl (C=O) groups is 1. The van der Waals surface area contributed by atoms with Crippen LogP contribution in [0.2, 0.25) is 5.02 Å². The highest BCUT2D eigenvalue weighted by Gasteiger charge is 2.48. The number of esters is 1. The Kier molecular flexibility index (Phi) is 11.6. The van der Waals surface area contributed by atoms with E-state index in [1.807, 2.05) is 103 Å². The van der Waals surface area contributed by atoms with Gasteiger partial charge in [0.2, 0.25) is 0 Å². The van der Waals surface area contributed by atoms with E-state index in [2.05, 4.69) is 6.92 Å². The van der Waals surface area contributed by atoms with Crippen LogP contribution in [0.5, 0.6) is 0 Å². The van der Waals surface area contributed by atoms with E-state index in [1.165, 1.54) is 7.11 Å². The van der Waals surface area contributed by atoms with Gasteiger partial charge >= 0.3 is 5.97 Å². The molecule has 0 saturated carbocycles. The molecule has 5 rings (SSSR count). The Labute approximate surface area is 264 Å². The van der Waals surface area contributed by atoms with Crippen LogP contribution in [0, 0.1) is 0 Å². The number of hydrogen-bond acceptors (Lipinski definition) is 6. The molecule has 44 heavy (non-hydrogen) atoms. The summed E-state index contributed by atoms with van der Waals surface area (Å²) in [5, 5.41) is 0.490. The molecule has 0 aliphatic carbocycles. The fourth-order valence-corrected chi connectivity index (χ4v) is 5.70. The number of halogens is 1. The number of ether oxygens (including phenoxy) is 5. The molecule has 5 atom stereocenters. The molecule has 1 saturated heterocycles. The summed E-state index contributed by atoms with van der Waals surface area (Å²) in [4.78, 5) is 12.2. The van der Waals surface area contributed by atoms with Gasteiger partial charge in [0.1, 0.15) is 24.4 Å². The van der Waals surface area contributed by atoms with Gasteiger partial charge in [0, 0.05) is 5.02 Å². The van der Waals surface area contributed by atoms with E-state index < -0.39 is 24.4 Å².